The van der Waals surface area contributed by atoms with Crippen molar-refractivity contribution in [3.05, 3.63) is 59.5 Å². The molecule has 3 aromatic rings. The molecule has 0 aliphatic rings. The molecule has 0 unspecified atom stereocenters. The SMILES string of the molecule is CCCCOc1cccc(/C=N\Nc2nc(-c3ccc(OC)cc3)cs2)c1. The number of unbranched alkanes of at least 4 members (excludes halogenated alkanes) is 1. The van der Waals surface area contributed by atoms with Gasteiger partial charge in [-0.15, -0.1) is 11.3 Å². The van der Waals surface area contributed by atoms with Crippen LogP contribution in [0.5, 0.6) is 11.5 Å². The van der Waals surface area contributed by atoms with E-state index in [1.807, 2.05) is 53.9 Å². The Hall–Kier alpha value is -2.86. The van der Waals surface area contributed by atoms with Crippen LogP contribution in [0.4, 0.5) is 5.13 Å². The summed E-state index contributed by atoms with van der Waals surface area (Å²) < 4.78 is 10.9. The lowest BCUT2D eigenvalue weighted by Gasteiger charge is -2.05. The number of rotatable bonds is 9. The van der Waals surface area contributed by atoms with Crippen molar-refractivity contribution in [2.45, 2.75) is 19.8 Å². The molecule has 5 nitrogen and oxygen atoms in total. The molecule has 27 heavy (non-hydrogen) atoms. The first-order valence-corrected chi connectivity index (χ1v) is 9.78. The van der Waals surface area contributed by atoms with Crippen LogP contribution in [0.15, 0.2) is 59.0 Å². The molecule has 0 atom stereocenters. The molecule has 1 heterocycles. The van der Waals surface area contributed by atoms with Gasteiger partial charge in [-0.05, 0) is 48.4 Å². The summed E-state index contributed by atoms with van der Waals surface area (Å²) >= 11 is 1.51. The van der Waals surface area contributed by atoms with Gasteiger partial charge in [-0.2, -0.15) is 5.10 Å². The third-order valence-corrected chi connectivity index (χ3v) is 4.64. The Bertz CT molecular complexity index is 875. The molecule has 1 aromatic heterocycles. The average Bonchev–Trinajstić information content (AvgIpc) is 3.18. The Morgan fingerprint density at radius 3 is 2.78 bits per heavy atom. The van der Waals surface area contributed by atoms with Crippen LogP contribution in [0.3, 0.4) is 0 Å². The topological polar surface area (TPSA) is 55.7 Å². The third kappa shape index (κ3) is 5.56. The lowest BCUT2D eigenvalue weighted by atomic mass is 10.2. The molecule has 0 radical (unpaired) electrons. The highest BCUT2D eigenvalue weighted by molar-refractivity contribution is 7.14. The van der Waals surface area contributed by atoms with Gasteiger partial charge in [-0.1, -0.05) is 25.5 Å². The molecule has 2 aromatic carbocycles. The largest absolute Gasteiger partial charge is 0.497 e. The van der Waals surface area contributed by atoms with Crippen molar-refractivity contribution >= 4 is 22.7 Å². The van der Waals surface area contributed by atoms with Gasteiger partial charge < -0.3 is 9.47 Å². The maximum atomic E-state index is 5.72. The highest BCUT2D eigenvalue weighted by atomic mass is 32.1. The molecule has 0 spiro atoms. The first kappa shape index (κ1) is 18.9. The minimum atomic E-state index is 0.739. The van der Waals surface area contributed by atoms with E-state index in [4.69, 9.17) is 9.47 Å². The maximum Gasteiger partial charge on any atom is 0.203 e. The molecule has 6 heteroatoms. The Balaban J connectivity index is 1.58. The van der Waals surface area contributed by atoms with Crippen molar-refractivity contribution in [1.29, 1.82) is 0 Å². The zero-order valence-corrected chi connectivity index (χ0v) is 16.3. The number of hydrazone groups is 1. The number of aromatic nitrogens is 1. The van der Waals surface area contributed by atoms with Crippen LogP contribution in [0, 0.1) is 0 Å². The maximum absolute atomic E-state index is 5.72. The Morgan fingerprint density at radius 1 is 1.15 bits per heavy atom. The molecule has 1 N–H and O–H groups in total. The zero-order valence-electron chi connectivity index (χ0n) is 15.5. The summed E-state index contributed by atoms with van der Waals surface area (Å²) in [7, 11) is 1.66. The summed E-state index contributed by atoms with van der Waals surface area (Å²) in [5.41, 5.74) is 5.92. The van der Waals surface area contributed by atoms with E-state index in [2.05, 4.69) is 22.4 Å². The van der Waals surface area contributed by atoms with Gasteiger partial charge in [-0.3, -0.25) is 5.43 Å². The van der Waals surface area contributed by atoms with Gasteiger partial charge in [0.1, 0.15) is 11.5 Å². The molecule has 0 saturated carbocycles. The molecule has 140 valence electrons. The summed E-state index contributed by atoms with van der Waals surface area (Å²) in [5, 5.41) is 7.03. The fraction of sp³-hybridized carbons (Fsp3) is 0.238. The summed E-state index contributed by atoms with van der Waals surface area (Å²) in [6, 6.07) is 15.7. The van der Waals surface area contributed by atoms with Crippen LogP contribution in [-0.4, -0.2) is 24.9 Å². The van der Waals surface area contributed by atoms with Crippen molar-refractivity contribution in [1.82, 2.24) is 4.98 Å². The number of anilines is 1. The van der Waals surface area contributed by atoms with Gasteiger partial charge in [0.25, 0.3) is 0 Å². The van der Waals surface area contributed by atoms with Gasteiger partial charge in [0.15, 0.2) is 0 Å². The molecular formula is C21H23N3O2S. The van der Waals surface area contributed by atoms with Crippen LogP contribution in [-0.2, 0) is 0 Å². The minimum Gasteiger partial charge on any atom is -0.497 e. The van der Waals surface area contributed by atoms with Crippen LogP contribution in [0.1, 0.15) is 25.3 Å². The number of ether oxygens (including phenoxy) is 2. The van der Waals surface area contributed by atoms with E-state index in [0.29, 0.717) is 0 Å². The predicted octanol–water partition coefficient (Wildman–Crippen LogP) is 5.44. The van der Waals surface area contributed by atoms with E-state index in [1.165, 1.54) is 11.3 Å². The van der Waals surface area contributed by atoms with Gasteiger partial charge in [0.2, 0.25) is 5.13 Å². The second-order valence-corrected chi connectivity index (χ2v) is 6.77. The van der Waals surface area contributed by atoms with Crippen LogP contribution >= 0.6 is 11.3 Å². The number of benzene rings is 2. The number of nitrogens with zero attached hydrogens (tertiary/aromatic N) is 2. The summed E-state index contributed by atoms with van der Waals surface area (Å²) in [6.07, 6.45) is 3.94. The van der Waals surface area contributed by atoms with Gasteiger partial charge in [-0.25, -0.2) is 4.98 Å². The molecular weight excluding hydrogens is 358 g/mol. The highest BCUT2D eigenvalue weighted by Crippen LogP contribution is 2.26. The summed E-state index contributed by atoms with van der Waals surface area (Å²) in [4.78, 5) is 4.56. The number of hydrogen-bond acceptors (Lipinski definition) is 6. The molecule has 0 amide bonds. The summed E-state index contributed by atoms with van der Waals surface area (Å²) in [5.74, 6) is 1.70. The lowest BCUT2D eigenvalue weighted by Crippen LogP contribution is -1.97. The molecule has 3 rings (SSSR count). The van der Waals surface area contributed by atoms with Gasteiger partial charge >= 0.3 is 0 Å². The van der Waals surface area contributed by atoms with E-state index < -0.39 is 0 Å². The van der Waals surface area contributed by atoms with E-state index in [0.717, 1.165) is 52.9 Å². The van der Waals surface area contributed by atoms with E-state index in [9.17, 15) is 0 Å². The lowest BCUT2D eigenvalue weighted by molar-refractivity contribution is 0.309. The second-order valence-electron chi connectivity index (χ2n) is 5.91. The second kappa shape index (κ2) is 9.73. The Morgan fingerprint density at radius 2 is 2.00 bits per heavy atom. The zero-order chi connectivity index (χ0) is 18.9. The fourth-order valence-electron chi connectivity index (χ4n) is 2.40. The molecule has 0 bridgehead atoms. The predicted molar refractivity (Wildman–Crippen MR) is 112 cm³/mol. The Labute approximate surface area is 163 Å². The number of methoxy groups -OCH3 is 1. The first-order valence-electron chi connectivity index (χ1n) is 8.90. The van der Waals surface area contributed by atoms with Gasteiger partial charge in [0, 0.05) is 10.9 Å². The van der Waals surface area contributed by atoms with Crippen LogP contribution in [0.2, 0.25) is 0 Å². The number of hydrogen-bond donors (Lipinski definition) is 1. The smallest absolute Gasteiger partial charge is 0.203 e. The number of thiazole rings is 1. The van der Waals surface area contributed by atoms with E-state index in [-0.39, 0.29) is 0 Å². The fourth-order valence-corrected chi connectivity index (χ4v) is 3.07. The normalized spacial score (nSPS) is 10.9. The van der Waals surface area contributed by atoms with Crippen molar-refractivity contribution in [2.24, 2.45) is 5.10 Å². The standard InChI is InChI=1S/C21H23N3O2S/c1-3-4-12-26-19-7-5-6-16(13-19)14-22-24-21-23-20(15-27-21)17-8-10-18(25-2)11-9-17/h5-11,13-15H,3-4,12H2,1-2H3,(H,23,24)/b22-14-. The third-order valence-electron chi connectivity index (χ3n) is 3.89. The average molecular weight is 382 g/mol. The molecule has 0 aliphatic carbocycles. The summed E-state index contributed by atoms with van der Waals surface area (Å²) in [6.45, 7) is 2.89. The number of nitrogens with one attached hydrogen (secondary N) is 1. The van der Waals surface area contributed by atoms with Crippen molar-refractivity contribution in [2.75, 3.05) is 19.1 Å². The minimum absolute atomic E-state index is 0.739. The van der Waals surface area contributed by atoms with E-state index in [1.54, 1.807) is 13.3 Å². The monoisotopic (exact) mass is 381 g/mol. The van der Waals surface area contributed by atoms with E-state index >= 15 is 0 Å². The van der Waals surface area contributed by atoms with Crippen LogP contribution < -0.4 is 14.9 Å². The van der Waals surface area contributed by atoms with Crippen molar-refractivity contribution < 1.29 is 9.47 Å². The van der Waals surface area contributed by atoms with Crippen molar-refractivity contribution in [3.8, 4) is 22.8 Å². The Kier molecular flexibility index (Phi) is 6.82. The highest BCUT2D eigenvalue weighted by Gasteiger charge is 2.04. The quantitative estimate of drug-likeness (QED) is 0.304. The first-order chi connectivity index (χ1) is 13.3. The van der Waals surface area contributed by atoms with Gasteiger partial charge in [0.05, 0.1) is 25.6 Å². The molecule has 0 saturated heterocycles. The molecule has 0 fully saturated rings. The van der Waals surface area contributed by atoms with Crippen LogP contribution in [0.25, 0.3) is 11.3 Å². The molecule has 0 aliphatic heterocycles. The van der Waals surface area contributed by atoms with Crippen molar-refractivity contribution in [3.63, 3.8) is 0 Å².